The fraction of sp³-hybridized carbons (Fsp3) is 0.167. The number of benzene rings is 1. The number of amides is 1. The number of carbonyl (C=O) groups is 1. The number of nitrogen functional groups attached to an aromatic ring is 1. The van der Waals surface area contributed by atoms with Crippen molar-refractivity contribution in [2.24, 2.45) is 0 Å². The van der Waals surface area contributed by atoms with Gasteiger partial charge in [0.2, 0.25) is 5.91 Å². The van der Waals surface area contributed by atoms with Crippen molar-refractivity contribution < 1.29 is 4.79 Å². The van der Waals surface area contributed by atoms with Crippen LogP contribution in [0.1, 0.15) is 12.6 Å². The van der Waals surface area contributed by atoms with E-state index in [-0.39, 0.29) is 5.91 Å². The number of hydrogen-bond acceptors (Lipinski definition) is 4. The van der Waals surface area contributed by atoms with Crippen molar-refractivity contribution >= 4 is 51.3 Å². The topological polar surface area (TPSA) is 68.0 Å². The molecule has 0 unspecified atom stereocenters. The predicted molar refractivity (Wildman–Crippen MR) is 81.0 cm³/mol. The first-order chi connectivity index (χ1) is 8.88. The molecule has 1 aromatic heterocycles. The minimum Gasteiger partial charge on any atom is -0.396 e. The van der Waals surface area contributed by atoms with E-state index in [9.17, 15) is 4.79 Å². The molecule has 0 saturated carbocycles. The van der Waals surface area contributed by atoms with Crippen LogP contribution < -0.4 is 11.1 Å². The average molecular weight is 316 g/mol. The van der Waals surface area contributed by atoms with Gasteiger partial charge in [0.05, 0.1) is 26.3 Å². The molecular weight excluding hydrogens is 305 g/mol. The molecule has 1 amide bonds. The summed E-state index contributed by atoms with van der Waals surface area (Å²) in [6.45, 7) is 3.29. The van der Waals surface area contributed by atoms with Crippen LogP contribution in [0.2, 0.25) is 10.0 Å². The Bertz CT molecular complexity index is 631. The molecule has 19 heavy (non-hydrogen) atoms. The van der Waals surface area contributed by atoms with Crippen molar-refractivity contribution in [3.63, 3.8) is 0 Å². The number of hydrogen-bond donors (Lipinski definition) is 2. The summed E-state index contributed by atoms with van der Waals surface area (Å²) in [5, 5.41) is 4.00. The number of nitrogens with two attached hydrogens (primary N) is 1. The summed E-state index contributed by atoms with van der Waals surface area (Å²) in [6.07, 6.45) is 0. The lowest BCUT2D eigenvalue weighted by Gasteiger charge is -2.05. The standard InChI is InChI=1S/C12H11Cl2N3OS/c1-5-11(19-12(16-5)17-6(2)18)7-3-8(13)10(15)9(14)4-7/h3-4H,15H2,1-2H3,(H,16,17,18). The molecule has 0 radical (unpaired) electrons. The molecule has 0 atom stereocenters. The first-order valence-corrected chi connectivity index (χ1v) is 6.95. The van der Waals surface area contributed by atoms with Gasteiger partial charge in [-0.1, -0.05) is 34.5 Å². The van der Waals surface area contributed by atoms with Gasteiger partial charge in [0, 0.05) is 6.92 Å². The second-order valence-corrected chi connectivity index (χ2v) is 5.78. The molecule has 1 aromatic carbocycles. The zero-order valence-electron chi connectivity index (χ0n) is 10.3. The zero-order chi connectivity index (χ0) is 14.2. The molecule has 0 aliphatic heterocycles. The quantitative estimate of drug-likeness (QED) is 0.824. The fourth-order valence-corrected chi connectivity index (χ4v) is 3.07. The van der Waals surface area contributed by atoms with E-state index in [1.54, 1.807) is 12.1 Å². The fourth-order valence-electron chi connectivity index (χ4n) is 1.58. The maximum atomic E-state index is 11.0. The van der Waals surface area contributed by atoms with Gasteiger partial charge in [-0.15, -0.1) is 0 Å². The molecule has 0 bridgehead atoms. The van der Waals surface area contributed by atoms with Crippen molar-refractivity contribution in [3.05, 3.63) is 27.9 Å². The van der Waals surface area contributed by atoms with Crippen LogP contribution in [-0.4, -0.2) is 10.9 Å². The van der Waals surface area contributed by atoms with Gasteiger partial charge in [-0.25, -0.2) is 4.98 Å². The number of nitrogens with one attached hydrogen (secondary N) is 1. The number of thiazole rings is 1. The minimum atomic E-state index is -0.159. The third kappa shape index (κ3) is 3.00. The van der Waals surface area contributed by atoms with Gasteiger partial charge in [0.25, 0.3) is 0 Å². The molecule has 0 aliphatic carbocycles. The maximum Gasteiger partial charge on any atom is 0.223 e. The Kier molecular flexibility index (Phi) is 3.99. The number of halogens is 2. The molecular formula is C12H11Cl2N3OS. The van der Waals surface area contributed by atoms with Crippen LogP contribution in [0, 0.1) is 6.92 Å². The third-order valence-electron chi connectivity index (χ3n) is 2.42. The smallest absolute Gasteiger partial charge is 0.223 e. The van der Waals surface area contributed by atoms with E-state index in [1.807, 2.05) is 6.92 Å². The Hall–Kier alpha value is -1.30. The molecule has 0 fully saturated rings. The Labute approximate surface area is 124 Å². The molecule has 3 N–H and O–H groups in total. The molecule has 2 aromatic rings. The summed E-state index contributed by atoms with van der Waals surface area (Å²) >= 11 is 13.4. The van der Waals surface area contributed by atoms with Gasteiger partial charge in [-0.2, -0.15) is 0 Å². The predicted octanol–water partition coefficient (Wildman–Crippen LogP) is 3.97. The number of aryl methyl sites for hydroxylation is 1. The van der Waals surface area contributed by atoms with Gasteiger partial charge in [-0.3, -0.25) is 4.79 Å². The van der Waals surface area contributed by atoms with Gasteiger partial charge in [-0.05, 0) is 24.6 Å². The number of rotatable bonds is 2. The number of aromatic nitrogens is 1. The van der Waals surface area contributed by atoms with Gasteiger partial charge in [0.1, 0.15) is 0 Å². The first-order valence-electron chi connectivity index (χ1n) is 5.38. The van der Waals surface area contributed by atoms with E-state index in [0.717, 1.165) is 16.1 Å². The van der Waals surface area contributed by atoms with E-state index in [2.05, 4.69) is 10.3 Å². The number of anilines is 2. The maximum absolute atomic E-state index is 11.0. The normalized spacial score (nSPS) is 10.5. The summed E-state index contributed by atoms with van der Waals surface area (Å²) in [6, 6.07) is 3.47. The second kappa shape index (κ2) is 5.36. The lowest BCUT2D eigenvalue weighted by Crippen LogP contribution is -2.04. The van der Waals surface area contributed by atoms with Crippen LogP contribution in [0.4, 0.5) is 10.8 Å². The van der Waals surface area contributed by atoms with E-state index >= 15 is 0 Å². The van der Waals surface area contributed by atoms with E-state index in [4.69, 9.17) is 28.9 Å². The van der Waals surface area contributed by atoms with Crippen molar-refractivity contribution in [2.75, 3.05) is 11.1 Å². The summed E-state index contributed by atoms with van der Waals surface area (Å²) in [4.78, 5) is 16.2. The number of nitrogens with zero attached hydrogens (tertiary/aromatic N) is 1. The van der Waals surface area contributed by atoms with Crippen LogP contribution in [-0.2, 0) is 4.79 Å². The molecule has 7 heteroatoms. The highest BCUT2D eigenvalue weighted by Crippen LogP contribution is 2.38. The average Bonchev–Trinajstić information content (AvgIpc) is 2.65. The summed E-state index contributed by atoms with van der Waals surface area (Å²) < 4.78 is 0. The molecule has 100 valence electrons. The molecule has 0 saturated heterocycles. The van der Waals surface area contributed by atoms with Gasteiger partial charge in [0.15, 0.2) is 5.13 Å². The molecule has 1 heterocycles. The second-order valence-electron chi connectivity index (χ2n) is 3.97. The summed E-state index contributed by atoms with van der Waals surface area (Å²) in [7, 11) is 0. The Morgan fingerprint density at radius 3 is 2.47 bits per heavy atom. The Balaban J connectivity index is 2.47. The van der Waals surface area contributed by atoms with Gasteiger partial charge >= 0.3 is 0 Å². The molecule has 2 rings (SSSR count). The highest BCUT2D eigenvalue weighted by atomic mass is 35.5. The molecule has 0 aliphatic rings. The van der Waals surface area contributed by atoms with Crippen molar-refractivity contribution in [3.8, 4) is 10.4 Å². The monoisotopic (exact) mass is 315 g/mol. The molecule has 0 spiro atoms. The molecule has 4 nitrogen and oxygen atoms in total. The minimum absolute atomic E-state index is 0.159. The van der Waals surface area contributed by atoms with Crippen LogP contribution in [0.15, 0.2) is 12.1 Å². The zero-order valence-corrected chi connectivity index (χ0v) is 12.6. The highest BCUT2D eigenvalue weighted by Gasteiger charge is 2.13. The largest absolute Gasteiger partial charge is 0.396 e. The Morgan fingerprint density at radius 1 is 1.37 bits per heavy atom. The highest BCUT2D eigenvalue weighted by molar-refractivity contribution is 7.19. The van der Waals surface area contributed by atoms with E-state index in [1.165, 1.54) is 18.3 Å². The van der Waals surface area contributed by atoms with E-state index < -0.39 is 0 Å². The van der Waals surface area contributed by atoms with Crippen molar-refractivity contribution in [1.82, 2.24) is 4.98 Å². The van der Waals surface area contributed by atoms with E-state index in [0.29, 0.717) is 20.9 Å². The van der Waals surface area contributed by atoms with Gasteiger partial charge < -0.3 is 11.1 Å². The first kappa shape index (κ1) is 14.1. The number of carbonyl (C=O) groups excluding carboxylic acids is 1. The van der Waals surface area contributed by atoms with Crippen molar-refractivity contribution in [2.45, 2.75) is 13.8 Å². The lowest BCUT2D eigenvalue weighted by molar-refractivity contribution is -0.114. The lowest BCUT2D eigenvalue weighted by atomic mass is 10.1. The van der Waals surface area contributed by atoms with Crippen LogP contribution >= 0.6 is 34.5 Å². The van der Waals surface area contributed by atoms with Crippen molar-refractivity contribution in [1.29, 1.82) is 0 Å². The summed E-state index contributed by atoms with van der Waals surface area (Å²) in [5.41, 5.74) is 7.69. The summed E-state index contributed by atoms with van der Waals surface area (Å²) in [5.74, 6) is -0.159. The Morgan fingerprint density at radius 2 is 1.95 bits per heavy atom. The van der Waals surface area contributed by atoms with Crippen LogP contribution in [0.3, 0.4) is 0 Å². The van der Waals surface area contributed by atoms with Crippen LogP contribution in [0.25, 0.3) is 10.4 Å². The SMILES string of the molecule is CC(=O)Nc1nc(C)c(-c2cc(Cl)c(N)c(Cl)c2)s1. The third-order valence-corrected chi connectivity index (χ3v) is 4.17. The van der Waals surface area contributed by atoms with Crippen LogP contribution in [0.5, 0.6) is 0 Å².